The van der Waals surface area contributed by atoms with Gasteiger partial charge in [-0.3, -0.25) is 4.90 Å². The fraction of sp³-hybridized carbons (Fsp3) is 0.333. The molecular weight excluding hydrogens is 482 g/mol. The van der Waals surface area contributed by atoms with Gasteiger partial charge in [0.15, 0.2) is 11.8 Å². The van der Waals surface area contributed by atoms with Crippen molar-refractivity contribution in [1.82, 2.24) is 9.47 Å². The van der Waals surface area contributed by atoms with Gasteiger partial charge in [0.25, 0.3) is 0 Å². The molecular formula is C30H35N3O5. The number of aromatic nitrogens is 1. The van der Waals surface area contributed by atoms with Crippen LogP contribution in [-0.4, -0.2) is 46.9 Å². The Labute approximate surface area is 222 Å². The highest BCUT2D eigenvalue weighted by Crippen LogP contribution is 2.30. The Balaban J connectivity index is 0.00000164. The maximum absolute atomic E-state index is 12.6. The van der Waals surface area contributed by atoms with Crippen LogP contribution in [0.3, 0.4) is 0 Å². The quantitative estimate of drug-likeness (QED) is 0.291. The summed E-state index contributed by atoms with van der Waals surface area (Å²) in [6.07, 6.45) is -2.05. The number of hydrogen-bond donors (Lipinski definition) is 1. The zero-order valence-electron chi connectivity index (χ0n) is 22.2. The number of para-hydroxylation sites is 1. The molecule has 1 aromatic heterocycles. The van der Waals surface area contributed by atoms with Gasteiger partial charge in [0.2, 0.25) is 0 Å². The van der Waals surface area contributed by atoms with Gasteiger partial charge in [-0.2, -0.15) is 0 Å². The molecule has 1 aliphatic heterocycles. The SMILES string of the molecule is CC.CCC(OC(=O)O)n1c(=O)oc2c(N3CCN(Cc4cccc(-c5ccccc5)c4)CC3)cccc21. The monoisotopic (exact) mass is 517 g/mol. The second kappa shape index (κ2) is 12.5. The highest BCUT2D eigenvalue weighted by atomic mass is 16.7. The van der Waals surface area contributed by atoms with Gasteiger partial charge >= 0.3 is 11.9 Å². The first-order chi connectivity index (χ1) is 18.5. The molecule has 1 fully saturated rings. The Kier molecular flexibility index (Phi) is 8.86. The van der Waals surface area contributed by atoms with Gasteiger partial charge in [0, 0.05) is 39.1 Å². The number of benzene rings is 3. The van der Waals surface area contributed by atoms with E-state index in [1.807, 2.05) is 32.0 Å². The normalized spacial score (nSPS) is 14.6. The lowest BCUT2D eigenvalue weighted by Crippen LogP contribution is -2.46. The van der Waals surface area contributed by atoms with E-state index in [0.29, 0.717) is 17.5 Å². The number of oxazole rings is 1. The summed E-state index contributed by atoms with van der Waals surface area (Å²) in [7, 11) is 0. The molecule has 8 heteroatoms. The number of hydrogen-bond acceptors (Lipinski definition) is 6. The molecule has 5 rings (SSSR count). The number of piperazine rings is 1. The molecule has 0 aliphatic carbocycles. The molecule has 1 atom stereocenters. The topological polar surface area (TPSA) is 88.1 Å². The minimum absolute atomic E-state index is 0.315. The van der Waals surface area contributed by atoms with Crippen molar-refractivity contribution < 1.29 is 19.1 Å². The second-order valence-electron chi connectivity index (χ2n) is 8.94. The summed E-state index contributed by atoms with van der Waals surface area (Å²) in [5.41, 5.74) is 5.53. The van der Waals surface area contributed by atoms with E-state index in [2.05, 4.69) is 58.3 Å². The van der Waals surface area contributed by atoms with E-state index in [1.165, 1.54) is 21.3 Å². The number of carbonyl (C=O) groups is 1. The smallest absolute Gasteiger partial charge is 0.450 e. The van der Waals surface area contributed by atoms with Crippen molar-refractivity contribution in [2.45, 2.75) is 40.0 Å². The van der Waals surface area contributed by atoms with E-state index >= 15 is 0 Å². The molecule has 1 N–H and O–H groups in total. The maximum atomic E-state index is 12.6. The summed E-state index contributed by atoms with van der Waals surface area (Å²) in [6.45, 7) is 9.95. The van der Waals surface area contributed by atoms with Crippen molar-refractivity contribution in [1.29, 1.82) is 0 Å². The fourth-order valence-corrected chi connectivity index (χ4v) is 4.88. The lowest BCUT2D eigenvalue weighted by Gasteiger charge is -2.36. The molecule has 2 heterocycles. The minimum Gasteiger partial charge on any atom is -0.450 e. The van der Waals surface area contributed by atoms with Crippen LogP contribution >= 0.6 is 0 Å². The first kappa shape index (κ1) is 27.0. The van der Waals surface area contributed by atoms with Gasteiger partial charge in [-0.05, 0) is 34.9 Å². The van der Waals surface area contributed by atoms with Crippen LogP contribution in [0.2, 0.25) is 0 Å². The molecule has 0 spiro atoms. The Morgan fingerprint density at radius 2 is 1.63 bits per heavy atom. The van der Waals surface area contributed by atoms with Gasteiger partial charge in [0.1, 0.15) is 0 Å². The van der Waals surface area contributed by atoms with E-state index in [9.17, 15) is 9.59 Å². The molecule has 200 valence electrons. The molecule has 4 aromatic rings. The molecule has 8 nitrogen and oxygen atoms in total. The van der Waals surface area contributed by atoms with Crippen molar-refractivity contribution in [3.8, 4) is 11.1 Å². The third-order valence-electron chi connectivity index (χ3n) is 6.65. The van der Waals surface area contributed by atoms with Gasteiger partial charge < -0.3 is 19.2 Å². The molecule has 38 heavy (non-hydrogen) atoms. The molecule has 0 radical (unpaired) electrons. The first-order valence-electron chi connectivity index (χ1n) is 13.2. The van der Waals surface area contributed by atoms with Crippen molar-refractivity contribution >= 4 is 22.9 Å². The highest BCUT2D eigenvalue weighted by Gasteiger charge is 2.25. The van der Waals surface area contributed by atoms with Crippen molar-refractivity contribution in [2.75, 3.05) is 31.1 Å². The van der Waals surface area contributed by atoms with Gasteiger partial charge in [-0.15, -0.1) is 0 Å². The van der Waals surface area contributed by atoms with E-state index in [1.54, 1.807) is 13.0 Å². The third kappa shape index (κ3) is 5.92. The summed E-state index contributed by atoms with van der Waals surface area (Å²) in [5, 5.41) is 9.06. The Hall–Kier alpha value is -4.04. The van der Waals surface area contributed by atoms with Gasteiger partial charge in [-0.1, -0.05) is 75.4 Å². The van der Waals surface area contributed by atoms with Crippen LogP contribution in [0.15, 0.2) is 82.0 Å². The van der Waals surface area contributed by atoms with Crippen molar-refractivity contribution in [3.05, 3.63) is 88.9 Å². The van der Waals surface area contributed by atoms with Crippen molar-refractivity contribution in [3.63, 3.8) is 0 Å². The molecule has 0 amide bonds. The lowest BCUT2D eigenvalue weighted by atomic mass is 10.0. The van der Waals surface area contributed by atoms with Gasteiger partial charge in [-0.25, -0.2) is 14.2 Å². The minimum atomic E-state index is -1.43. The number of nitrogens with zero attached hydrogens (tertiary/aromatic N) is 3. The van der Waals surface area contributed by atoms with Crippen LogP contribution in [0, 0.1) is 0 Å². The summed E-state index contributed by atoms with van der Waals surface area (Å²) in [5.74, 6) is -0.623. The molecule has 1 saturated heterocycles. The zero-order chi connectivity index (χ0) is 27.1. The summed E-state index contributed by atoms with van der Waals surface area (Å²) in [4.78, 5) is 28.4. The summed E-state index contributed by atoms with van der Waals surface area (Å²) < 4.78 is 11.8. The van der Waals surface area contributed by atoms with E-state index in [-0.39, 0.29) is 0 Å². The average molecular weight is 518 g/mol. The Morgan fingerprint density at radius 1 is 0.947 bits per heavy atom. The predicted octanol–water partition coefficient (Wildman–Crippen LogP) is 6.21. The van der Waals surface area contributed by atoms with Gasteiger partial charge in [0.05, 0.1) is 11.2 Å². The third-order valence-corrected chi connectivity index (χ3v) is 6.65. The molecule has 1 unspecified atom stereocenters. The number of rotatable bonds is 7. The fourth-order valence-electron chi connectivity index (χ4n) is 4.88. The zero-order valence-corrected chi connectivity index (χ0v) is 22.2. The van der Waals surface area contributed by atoms with E-state index < -0.39 is 18.1 Å². The van der Waals surface area contributed by atoms with Crippen LogP contribution in [0.1, 0.15) is 39.0 Å². The second-order valence-corrected chi connectivity index (χ2v) is 8.94. The van der Waals surface area contributed by atoms with Crippen LogP contribution in [0.4, 0.5) is 10.5 Å². The van der Waals surface area contributed by atoms with Crippen molar-refractivity contribution in [2.24, 2.45) is 0 Å². The van der Waals surface area contributed by atoms with E-state index in [0.717, 1.165) is 38.4 Å². The van der Waals surface area contributed by atoms with Crippen LogP contribution in [0.5, 0.6) is 0 Å². The summed E-state index contributed by atoms with van der Waals surface area (Å²) >= 11 is 0. The molecule has 0 bridgehead atoms. The lowest BCUT2D eigenvalue weighted by molar-refractivity contribution is 0.0150. The Bertz CT molecular complexity index is 1400. The van der Waals surface area contributed by atoms with E-state index in [4.69, 9.17) is 14.3 Å². The molecule has 0 saturated carbocycles. The van der Waals surface area contributed by atoms with Crippen LogP contribution < -0.4 is 10.7 Å². The molecule has 3 aromatic carbocycles. The standard InChI is InChI=1S/C28H29N3O5.C2H6/c1-2-25(35-28(33)34)31-24-13-7-12-23(26(24)36-27(31)32)30-16-14-29(15-17-30)19-20-8-6-11-22(18-20)21-9-4-3-5-10-21;1-2/h3-13,18,25H,2,14-17,19H2,1H3,(H,33,34);1-2H3. The maximum Gasteiger partial charge on any atom is 0.507 e. The number of carboxylic acid groups (broad SMARTS) is 1. The number of anilines is 1. The number of ether oxygens (including phenoxy) is 1. The predicted molar refractivity (Wildman–Crippen MR) is 150 cm³/mol. The highest BCUT2D eigenvalue weighted by molar-refractivity contribution is 5.87. The van der Waals surface area contributed by atoms with Crippen LogP contribution in [0.25, 0.3) is 22.2 Å². The summed E-state index contributed by atoms with van der Waals surface area (Å²) in [6, 6.07) is 24.6. The average Bonchev–Trinajstić information content (AvgIpc) is 3.29. The largest absolute Gasteiger partial charge is 0.507 e. The molecule has 1 aliphatic rings. The van der Waals surface area contributed by atoms with Crippen LogP contribution in [-0.2, 0) is 11.3 Å². The first-order valence-corrected chi connectivity index (χ1v) is 13.2. The number of fused-ring (bicyclic) bond motifs is 1. The Morgan fingerprint density at radius 3 is 2.32 bits per heavy atom.